The van der Waals surface area contributed by atoms with Gasteiger partial charge in [0.25, 0.3) is 0 Å². The Morgan fingerprint density at radius 3 is 2.52 bits per heavy atom. The van der Waals surface area contributed by atoms with Crippen molar-refractivity contribution in [2.75, 3.05) is 52.5 Å². The fourth-order valence-corrected chi connectivity index (χ4v) is 3.82. The van der Waals surface area contributed by atoms with E-state index in [0.29, 0.717) is 5.41 Å². The zero-order valence-electron chi connectivity index (χ0n) is 13.0. The van der Waals surface area contributed by atoms with Crippen LogP contribution in [0.25, 0.3) is 0 Å². The van der Waals surface area contributed by atoms with Crippen LogP contribution < -0.4 is 10.6 Å². The van der Waals surface area contributed by atoms with Crippen molar-refractivity contribution < 1.29 is 9.53 Å². The molecular weight excluding hydrogens is 266 g/mol. The number of nitrogens with one attached hydrogen (secondary N) is 2. The summed E-state index contributed by atoms with van der Waals surface area (Å²) >= 11 is 0. The zero-order chi connectivity index (χ0) is 14.5. The average molecular weight is 295 g/mol. The summed E-state index contributed by atoms with van der Waals surface area (Å²) in [4.78, 5) is 14.7. The Kier molecular flexibility index (Phi) is 5.14. The van der Waals surface area contributed by atoms with Crippen molar-refractivity contribution in [3.05, 3.63) is 0 Å². The van der Waals surface area contributed by atoms with Crippen molar-refractivity contribution in [1.82, 2.24) is 15.5 Å². The Morgan fingerprint density at radius 2 is 1.90 bits per heavy atom. The summed E-state index contributed by atoms with van der Waals surface area (Å²) < 4.78 is 5.46. The molecule has 0 unspecified atom stereocenters. The van der Waals surface area contributed by atoms with Crippen molar-refractivity contribution in [3.8, 4) is 0 Å². The number of ether oxygens (including phenoxy) is 1. The predicted octanol–water partition coefficient (Wildman–Crippen LogP) is 0.605. The number of carbonyl (C=O) groups is 1. The first-order chi connectivity index (χ1) is 10.3. The van der Waals surface area contributed by atoms with Gasteiger partial charge in [-0.2, -0.15) is 0 Å². The molecule has 2 heterocycles. The first-order valence-corrected chi connectivity index (χ1v) is 8.56. The van der Waals surface area contributed by atoms with Gasteiger partial charge in [-0.05, 0) is 12.8 Å². The summed E-state index contributed by atoms with van der Waals surface area (Å²) in [5, 5.41) is 6.42. The number of hydrogen-bond acceptors (Lipinski definition) is 4. The van der Waals surface area contributed by atoms with E-state index < -0.39 is 0 Å². The zero-order valence-corrected chi connectivity index (χ0v) is 13.0. The highest BCUT2D eigenvalue weighted by molar-refractivity contribution is 5.80. The molecule has 0 aromatic heterocycles. The fourth-order valence-electron chi connectivity index (χ4n) is 3.82. The minimum atomic E-state index is 0.203. The van der Waals surface area contributed by atoms with Gasteiger partial charge in [-0.15, -0.1) is 0 Å². The molecule has 3 rings (SSSR count). The maximum atomic E-state index is 12.1. The molecular formula is C16H29N3O2. The largest absolute Gasteiger partial charge is 0.379 e. The first kappa shape index (κ1) is 15.3. The van der Waals surface area contributed by atoms with Crippen LogP contribution in [0.1, 0.15) is 32.1 Å². The molecule has 0 aromatic carbocycles. The van der Waals surface area contributed by atoms with Gasteiger partial charge < -0.3 is 15.4 Å². The van der Waals surface area contributed by atoms with Crippen LogP contribution in [0.4, 0.5) is 0 Å². The summed E-state index contributed by atoms with van der Waals surface area (Å²) in [6.45, 7) is 7.49. The maximum absolute atomic E-state index is 12.1. The number of amides is 1. The standard InChI is InChI=1S/C16H29N3O2/c20-15(14-10-17-11-14)18-12-16(4-2-1-3-5-16)13-19-6-8-21-9-7-19/h14,17H,1-13H2,(H,18,20). The Morgan fingerprint density at radius 1 is 1.19 bits per heavy atom. The number of morpholine rings is 1. The Bertz CT molecular complexity index is 345. The van der Waals surface area contributed by atoms with E-state index in [0.717, 1.165) is 52.5 Å². The summed E-state index contributed by atoms with van der Waals surface area (Å²) in [5.74, 6) is 0.453. The molecule has 3 aliphatic rings. The smallest absolute Gasteiger partial charge is 0.225 e. The second-order valence-corrected chi connectivity index (χ2v) is 7.02. The molecule has 1 saturated carbocycles. The third-order valence-corrected chi connectivity index (χ3v) is 5.37. The Balaban J connectivity index is 1.54. The molecule has 1 aliphatic carbocycles. The highest BCUT2D eigenvalue weighted by atomic mass is 16.5. The van der Waals surface area contributed by atoms with Gasteiger partial charge in [0.1, 0.15) is 0 Å². The molecule has 2 N–H and O–H groups in total. The lowest BCUT2D eigenvalue weighted by Crippen LogP contribution is -2.54. The van der Waals surface area contributed by atoms with Crippen molar-refractivity contribution in [1.29, 1.82) is 0 Å². The van der Waals surface area contributed by atoms with Crippen molar-refractivity contribution in [3.63, 3.8) is 0 Å². The summed E-state index contributed by atoms with van der Waals surface area (Å²) in [6, 6.07) is 0. The van der Waals surface area contributed by atoms with Gasteiger partial charge in [-0.1, -0.05) is 19.3 Å². The second kappa shape index (κ2) is 7.07. The van der Waals surface area contributed by atoms with E-state index in [1.54, 1.807) is 0 Å². The topological polar surface area (TPSA) is 53.6 Å². The monoisotopic (exact) mass is 295 g/mol. The molecule has 120 valence electrons. The first-order valence-electron chi connectivity index (χ1n) is 8.56. The van der Waals surface area contributed by atoms with E-state index in [-0.39, 0.29) is 11.8 Å². The third-order valence-electron chi connectivity index (χ3n) is 5.37. The van der Waals surface area contributed by atoms with Crippen LogP contribution in [0.15, 0.2) is 0 Å². The predicted molar refractivity (Wildman–Crippen MR) is 82.1 cm³/mol. The summed E-state index contributed by atoms with van der Waals surface area (Å²) in [7, 11) is 0. The number of carbonyl (C=O) groups excluding carboxylic acids is 1. The fraction of sp³-hybridized carbons (Fsp3) is 0.938. The van der Waals surface area contributed by atoms with E-state index >= 15 is 0 Å². The van der Waals surface area contributed by atoms with Gasteiger partial charge in [-0.3, -0.25) is 9.69 Å². The van der Waals surface area contributed by atoms with E-state index in [1.807, 2.05) is 0 Å². The van der Waals surface area contributed by atoms with Crippen LogP contribution >= 0.6 is 0 Å². The van der Waals surface area contributed by atoms with Crippen LogP contribution in [0.5, 0.6) is 0 Å². The summed E-state index contributed by atoms with van der Waals surface area (Å²) in [5.41, 5.74) is 0.294. The molecule has 0 bridgehead atoms. The van der Waals surface area contributed by atoms with Gasteiger partial charge in [0.2, 0.25) is 5.91 Å². The quantitative estimate of drug-likeness (QED) is 0.780. The SMILES string of the molecule is O=C(NCC1(CN2CCOCC2)CCCCC1)C1CNC1. The number of rotatable bonds is 5. The lowest BCUT2D eigenvalue weighted by molar-refractivity contribution is -0.127. The van der Waals surface area contributed by atoms with Crippen molar-refractivity contribution in [2.45, 2.75) is 32.1 Å². The van der Waals surface area contributed by atoms with Gasteiger partial charge in [0.15, 0.2) is 0 Å². The molecule has 0 radical (unpaired) electrons. The van der Waals surface area contributed by atoms with Crippen LogP contribution in [-0.4, -0.2) is 63.3 Å². The molecule has 0 atom stereocenters. The molecule has 2 aliphatic heterocycles. The minimum Gasteiger partial charge on any atom is -0.379 e. The average Bonchev–Trinajstić information content (AvgIpc) is 2.46. The Hall–Kier alpha value is -0.650. The van der Waals surface area contributed by atoms with Gasteiger partial charge >= 0.3 is 0 Å². The third kappa shape index (κ3) is 3.96. The van der Waals surface area contributed by atoms with Crippen LogP contribution in [0, 0.1) is 11.3 Å². The second-order valence-electron chi connectivity index (χ2n) is 7.02. The molecule has 0 aromatic rings. The highest BCUT2D eigenvalue weighted by Gasteiger charge is 2.35. The molecule has 5 nitrogen and oxygen atoms in total. The molecule has 21 heavy (non-hydrogen) atoms. The van der Waals surface area contributed by atoms with Crippen LogP contribution in [-0.2, 0) is 9.53 Å². The van der Waals surface area contributed by atoms with Crippen molar-refractivity contribution in [2.24, 2.45) is 11.3 Å². The summed E-state index contributed by atoms with van der Waals surface area (Å²) in [6.07, 6.45) is 6.49. The molecule has 5 heteroatoms. The lowest BCUT2D eigenvalue weighted by atomic mass is 9.73. The van der Waals surface area contributed by atoms with Crippen molar-refractivity contribution >= 4 is 5.91 Å². The number of hydrogen-bond donors (Lipinski definition) is 2. The highest BCUT2D eigenvalue weighted by Crippen LogP contribution is 2.36. The molecule has 2 saturated heterocycles. The maximum Gasteiger partial charge on any atom is 0.225 e. The van der Waals surface area contributed by atoms with Crippen LogP contribution in [0.2, 0.25) is 0 Å². The van der Waals surface area contributed by atoms with E-state index in [2.05, 4.69) is 15.5 Å². The molecule has 3 fully saturated rings. The van der Waals surface area contributed by atoms with E-state index in [9.17, 15) is 4.79 Å². The Labute approximate surface area is 127 Å². The van der Waals surface area contributed by atoms with Gasteiger partial charge in [0.05, 0.1) is 19.1 Å². The lowest BCUT2D eigenvalue weighted by Gasteiger charge is -2.42. The molecule has 1 amide bonds. The molecule has 0 spiro atoms. The van der Waals surface area contributed by atoms with Crippen LogP contribution in [0.3, 0.4) is 0 Å². The van der Waals surface area contributed by atoms with Gasteiger partial charge in [0, 0.05) is 44.7 Å². The van der Waals surface area contributed by atoms with E-state index in [4.69, 9.17) is 4.74 Å². The minimum absolute atomic E-state index is 0.203. The van der Waals surface area contributed by atoms with Gasteiger partial charge in [-0.25, -0.2) is 0 Å². The number of nitrogens with zero attached hydrogens (tertiary/aromatic N) is 1. The normalized spacial score (nSPS) is 27.0. The van der Waals surface area contributed by atoms with E-state index in [1.165, 1.54) is 32.1 Å².